The fraction of sp³-hybridized carbons (Fsp3) is 0.385. The molecule has 0 saturated carbocycles. The van der Waals surface area contributed by atoms with Crippen molar-refractivity contribution in [1.82, 2.24) is 4.57 Å². The van der Waals surface area contributed by atoms with E-state index in [1.165, 1.54) is 10.6 Å². The van der Waals surface area contributed by atoms with Crippen LogP contribution in [0.1, 0.15) is 23.9 Å². The number of hydrogen-bond acceptors (Lipinski definition) is 2. The molecule has 1 unspecified atom stereocenters. The summed E-state index contributed by atoms with van der Waals surface area (Å²) >= 11 is 1.80. The summed E-state index contributed by atoms with van der Waals surface area (Å²) in [6.45, 7) is 3.10. The van der Waals surface area contributed by atoms with Gasteiger partial charge in [-0.15, -0.1) is 11.3 Å². The molecule has 2 rings (SSSR count). The van der Waals surface area contributed by atoms with E-state index < -0.39 is 0 Å². The Hall–Kier alpha value is -1.06. The second-order valence-corrected chi connectivity index (χ2v) is 5.11. The standard InChI is InChI=1S/C13H18N2S/c1-2-11(14)9-12-5-3-7-15(12)10-13-6-4-8-16-13/h3-8,11H,2,9-10,14H2,1H3. The normalized spacial score (nSPS) is 12.9. The highest BCUT2D eigenvalue weighted by Crippen LogP contribution is 2.14. The molecule has 0 aliphatic rings. The second-order valence-electron chi connectivity index (χ2n) is 4.08. The van der Waals surface area contributed by atoms with Crippen LogP contribution < -0.4 is 5.73 Å². The number of nitrogens with zero attached hydrogens (tertiary/aromatic N) is 1. The minimum Gasteiger partial charge on any atom is -0.346 e. The first-order chi connectivity index (χ1) is 7.79. The van der Waals surface area contributed by atoms with Gasteiger partial charge in [-0.05, 0) is 30.0 Å². The maximum atomic E-state index is 6.00. The van der Waals surface area contributed by atoms with Crippen molar-refractivity contribution < 1.29 is 0 Å². The molecule has 2 aromatic rings. The Balaban J connectivity index is 2.07. The summed E-state index contributed by atoms with van der Waals surface area (Å²) in [5.41, 5.74) is 7.33. The van der Waals surface area contributed by atoms with Gasteiger partial charge < -0.3 is 10.3 Å². The van der Waals surface area contributed by atoms with E-state index in [1.807, 2.05) is 0 Å². The zero-order valence-electron chi connectivity index (χ0n) is 9.60. The summed E-state index contributed by atoms with van der Waals surface area (Å²) in [5.74, 6) is 0. The van der Waals surface area contributed by atoms with Gasteiger partial charge in [0.15, 0.2) is 0 Å². The topological polar surface area (TPSA) is 30.9 Å². The molecule has 3 heteroatoms. The highest BCUT2D eigenvalue weighted by molar-refractivity contribution is 7.09. The SMILES string of the molecule is CCC(N)Cc1cccn1Cc1cccs1. The van der Waals surface area contributed by atoms with E-state index in [9.17, 15) is 0 Å². The molecule has 0 spiro atoms. The molecule has 0 fully saturated rings. The fourth-order valence-corrected chi connectivity index (χ4v) is 2.48. The predicted molar refractivity (Wildman–Crippen MR) is 69.8 cm³/mol. The third kappa shape index (κ3) is 2.74. The molecule has 0 amide bonds. The summed E-state index contributed by atoms with van der Waals surface area (Å²) in [5, 5.41) is 2.12. The fourth-order valence-electron chi connectivity index (χ4n) is 1.77. The molecule has 2 aromatic heterocycles. The van der Waals surface area contributed by atoms with Gasteiger partial charge in [-0.2, -0.15) is 0 Å². The lowest BCUT2D eigenvalue weighted by Gasteiger charge is -2.12. The highest BCUT2D eigenvalue weighted by Gasteiger charge is 2.06. The molecule has 2 N–H and O–H groups in total. The largest absolute Gasteiger partial charge is 0.346 e. The van der Waals surface area contributed by atoms with Crippen LogP contribution in [0.3, 0.4) is 0 Å². The van der Waals surface area contributed by atoms with Crippen molar-refractivity contribution in [3.63, 3.8) is 0 Å². The molecular weight excluding hydrogens is 216 g/mol. The Morgan fingerprint density at radius 2 is 2.25 bits per heavy atom. The van der Waals surface area contributed by atoms with Crippen molar-refractivity contribution in [2.45, 2.75) is 32.4 Å². The van der Waals surface area contributed by atoms with Gasteiger partial charge in [-0.3, -0.25) is 0 Å². The van der Waals surface area contributed by atoms with Crippen molar-refractivity contribution in [3.05, 3.63) is 46.4 Å². The summed E-state index contributed by atoms with van der Waals surface area (Å²) in [6.07, 6.45) is 4.14. The molecule has 2 heterocycles. The molecule has 0 aromatic carbocycles. The third-order valence-corrected chi connectivity index (χ3v) is 3.69. The molecule has 0 saturated heterocycles. The first-order valence-corrected chi connectivity index (χ1v) is 6.59. The minimum atomic E-state index is 0.275. The lowest BCUT2D eigenvalue weighted by atomic mass is 10.1. The first kappa shape index (κ1) is 11.4. The monoisotopic (exact) mass is 234 g/mol. The van der Waals surface area contributed by atoms with E-state index >= 15 is 0 Å². The van der Waals surface area contributed by atoms with Crippen LogP contribution in [0.5, 0.6) is 0 Å². The van der Waals surface area contributed by atoms with E-state index in [-0.39, 0.29) is 6.04 Å². The minimum absolute atomic E-state index is 0.275. The van der Waals surface area contributed by atoms with Crippen LogP contribution in [0.2, 0.25) is 0 Å². The van der Waals surface area contributed by atoms with Gasteiger partial charge in [0.25, 0.3) is 0 Å². The molecule has 86 valence electrons. The molecule has 16 heavy (non-hydrogen) atoms. The van der Waals surface area contributed by atoms with Crippen LogP contribution in [0.25, 0.3) is 0 Å². The van der Waals surface area contributed by atoms with Crippen molar-refractivity contribution in [2.75, 3.05) is 0 Å². The van der Waals surface area contributed by atoms with Crippen LogP contribution in [0.4, 0.5) is 0 Å². The lowest BCUT2D eigenvalue weighted by molar-refractivity contribution is 0.611. The molecule has 0 aliphatic carbocycles. The van der Waals surface area contributed by atoms with Gasteiger partial charge >= 0.3 is 0 Å². The van der Waals surface area contributed by atoms with Gasteiger partial charge in [0.1, 0.15) is 0 Å². The van der Waals surface area contributed by atoms with Crippen molar-refractivity contribution in [1.29, 1.82) is 0 Å². The number of nitrogens with two attached hydrogens (primary N) is 1. The summed E-state index contributed by atoms with van der Waals surface area (Å²) in [4.78, 5) is 1.39. The van der Waals surface area contributed by atoms with Crippen LogP contribution in [-0.2, 0) is 13.0 Å². The van der Waals surface area contributed by atoms with Crippen LogP contribution in [0.15, 0.2) is 35.8 Å². The number of rotatable bonds is 5. The molecule has 2 nitrogen and oxygen atoms in total. The molecule has 0 aliphatic heterocycles. The van der Waals surface area contributed by atoms with Gasteiger partial charge in [0.05, 0.1) is 6.54 Å². The zero-order chi connectivity index (χ0) is 11.4. The Bertz CT molecular complexity index is 417. The predicted octanol–water partition coefficient (Wildman–Crippen LogP) is 2.88. The summed E-state index contributed by atoms with van der Waals surface area (Å²) in [7, 11) is 0. The van der Waals surface area contributed by atoms with E-state index in [0.717, 1.165) is 19.4 Å². The van der Waals surface area contributed by atoms with Crippen LogP contribution in [0, 0.1) is 0 Å². The van der Waals surface area contributed by atoms with E-state index in [1.54, 1.807) is 11.3 Å². The van der Waals surface area contributed by atoms with Gasteiger partial charge in [0, 0.05) is 29.2 Å². The third-order valence-electron chi connectivity index (χ3n) is 2.83. The number of hydrogen-bond donors (Lipinski definition) is 1. The smallest absolute Gasteiger partial charge is 0.0566 e. The quantitative estimate of drug-likeness (QED) is 0.847. The van der Waals surface area contributed by atoms with E-state index in [2.05, 4.69) is 47.3 Å². The highest BCUT2D eigenvalue weighted by atomic mass is 32.1. The van der Waals surface area contributed by atoms with Crippen molar-refractivity contribution >= 4 is 11.3 Å². The maximum Gasteiger partial charge on any atom is 0.0566 e. The number of thiophene rings is 1. The van der Waals surface area contributed by atoms with Crippen LogP contribution >= 0.6 is 11.3 Å². The average Bonchev–Trinajstić information content (AvgIpc) is 2.92. The Kier molecular flexibility index (Phi) is 3.80. The van der Waals surface area contributed by atoms with Gasteiger partial charge in [0.2, 0.25) is 0 Å². The average molecular weight is 234 g/mol. The molecule has 1 atom stereocenters. The second kappa shape index (κ2) is 5.32. The Morgan fingerprint density at radius 3 is 2.94 bits per heavy atom. The van der Waals surface area contributed by atoms with Crippen LogP contribution in [-0.4, -0.2) is 10.6 Å². The molecule has 0 radical (unpaired) electrons. The zero-order valence-corrected chi connectivity index (χ0v) is 10.4. The van der Waals surface area contributed by atoms with Crippen molar-refractivity contribution in [2.24, 2.45) is 5.73 Å². The Labute approximate surface area is 101 Å². The van der Waals surface area contributed by atoms with E-state index in [4.69, 9.17) is 5.73 Å². The van der Waals surface area contributed by atoms with Crippen molar-refractivity contribution in [3.8, 4) is 0 Å². The lowest BCUT2D eigenvalue weighted by Crippen LogP contribution is -2.23. The van der Waals surface area contributed by atoms with Gasteiger partial charge in [-0.1, -0.05) is 13.0 Å². The van der Waals surface area contributed by atoms with E-state index in [0.29, 0.717) is 0 Å². The first-order valence-electron chi connectivity index (χ1n) is 5.71. The number of aromatic nitrogens is 1. The van der Waals surface area contributed by atoms with Gasteiger partial charge in [-0.25, -0.2) is 0 Å². The molecule has 0 bridgehead atoms. The maximum absolute atomic E-state index is 6.00. The summed E-state index contributed by atoms with van der Waals surface area (Å²) in [6, 6.07) is 8.82. The molecular formula is C13H18N2S. The Morgan fingerprint density at radius 1 is 1.38 bits per heavy atom. The summed E-state index contributed by atoms with van der Waals surface area (Å²) < 4.78 is 2.29.